The topological polar surface area (TPSA) is 64.1 Å². The van der Waals surface area contributed by atoms with Gasteiger partial charge in [-0.1, -0.05) is 0 Å². The molecule has 21 heavy (non-hydrogen) atoms. The third-order valence-corrected chi connectivity index (χ3v) is 2.56. The quantitative estimate of drug-likeness (QED) is 0.942. The van der Waals surface area contributed by atoms with E-state index in [-0.39, 0.29) is 11.6 Å². The molecule has 8 heteroatoms. The molecular formula is C13H10F3N3O2. The molecule has 0 unspecified atom stereocenters. The number of carbonyl (C=O) groups is 1. The Morgan fingerprint density at radius 2 is 1.90 bits per heavy atom. The summed E-state index contributed by atoms with van der Waals surface area (Å²) < 4.78 is 43.3. The molecule has 1 amide bonds. The van der Waals surface area contributed by atoms with E-state index in [4.69, 9.17) is 4.74 Å². The Labute approximate surface area is 117 Å². The number of anilines is 1. The summed E-state index contributed by atoms with van der Waals surface area (Å²) in [5.41, 5.74) is -0.865. The van der Waals surface area contributed by atoms with Crippen molar-refractivity contribution in [2.24, 2.45) is 0 Å². The van der Waals surface area contributed by atoms with Gasteiger partial charge in [-0.2, -0.15) is 0 Å². The van der Waals surface area contributed by atoms with Crippen LogP contribution in [0.2, 0.25) is 0 Å². The molecule has 0 aliphatic heterocycles. The van der Waals surface area contributed by atoms with Gasteiger partial charge >= 0.3 is 0 Å². The zero-order chi connectivity index (χ0) is 15.4. The fourth-order valence-electron chi connectivity index (χ4n) is 1.55. The van der Waals surface area contributed by atoms with Crippen molar-refractivity contribution in [2.45, 2.75) is 6.43 Å². The second kappa shape index (κ2) is 6.21. The standard InChI is InChI=1S/C13H10F3N3O2/c1-21-10-6-9(12(15)16)11(19-18-10)13(20)17-8-4-2-7(14)3-5-8/h2-6,12H,1H3,(H,17,20). The summed E-state index contributed by atoms with van der Waals surface area (Å²) in [5, 5.41) is 9.27. The van der Waals surface area contributed by atoms with Crippen molar-refractivity contribution in [1.82, 2.24) is 10.2 Å². The van der Waals surface area contributed by atoms with Gasteiger partial charge in [-0.15, -0.1) is 10.2 Å². The third-order valence-electron chi connectivity index (χ3n) is 2.56. The van der Waals surface area contributed by atoms with Gasteiger partial charge in [-0.3, -0.25) is 4.79 Å². The number of nitrogens with zero attached hydrogens (tertiary/aromatic N) is 2. The zero-order valence-electron chi connectivity index (χ0n) is 10.8. The fraction of sp³-hybridized carbons (Fsp3) is 0.154. The highest BCUT2D eigenvalue weighted by molar-refractivity contribution is 6.03. The van der Waals surface area contributed by atoms with Gasteiger partial charge in [0.05, 0.1) is 12.7 Å². The van der Waals surface area contributed by atoms with Crippen LogP contribution in [0.3, 0.4) is 0 Å². The van der Waals surface area contributed by atoms with E-state index in [0.29, 0.717) is 0 Å². The molecule has 0 radical (unpaired) electrons. The van der Waals surface area contributed by atoms with E-state index < -0.39 is 29.4 Å². The molecule has 0 spiro atoms. The molecule has 0 saturated carbocycles. The predicted molar refractivity (Wildman–Crippen MR) is 67.9 cm³/mol. The average Bonchev–Trinajstić information content (AvgIpc) is 2.48. The first kappa shape index (κ1) is 14.8. The van der Waals surface area contributed by atoms with Crippen molar-refractivity contribution < 1.29 is 22.7 Å². The van der Waals surface area contributed by atoms with Gasteiger partial charge in [0.15, 0.2) is 5.69 Å². The Balaban J connectivity index is 2.28. The van der Waals surface area contributed by atoms with Crippen molar-refractivity contribution in [3.63, 3.8) is 0 Å². The minimum atomic E-state index is -2.91. The number of aromatic nitrogens is 2. The summed E-state index contributed by atoms with van der Waals surface area (Å²) in [6.45, 7) is 0. The largest absolute Gasteiger partial charge is 0.480 e. The molecule has 2 aromatic rings. The van der Waals surface area contributed by atoms with E-state index in [1.54, 1.807) is 0 Å². The van der Waals surface area contributed by atoms with Crippen molar-refractivity contribution in [3.8, 4) is 5.88 Å². The SMILES string of the molecule is COc1cc(C(F)F)c(C(=O)Nc2ccc(F)cc2)nn1. The number of amides is 1. The lowest BCUT2D eigenvalue weighted by Crippen LogP contribution is -2.17. The molecule has 0 fully saturated rings. The molecule has 2 rings (SSSR count). The van der Waals surface area contributed by atoms with Crippen LogP contribution in [0, 0.1) is 5.82 Å². The summed E-state index contributed by atoms with van der Waals surface area (Å²) in [5.74, 6) is -1.47. The molecule has 1 heterocycles. The third kappa shape index (κ3) is 3.47. The maximum absolute atomic E-state index is 12.9. The number of carbonyl (C=O) groups excluding carboxylic acids is 1. The lowest BCUT2D eigenvalue weighted by atomic mass is 10.2. The molecule has 0 bridgehead atoms. The van der Waals surface area contributed by atoms with Crippen LogP contribution in [0.1, 0.15) is 22.5 Å². The minimum absolute atomic E-state index is 0.122. The minimum Gasteiger partial charge on any atom is -0.480 e. The number of ether oxygens (including phenoxy) is 1. The molecule has 5 nitrogen and oxygen atoms in total. The van der Waals surface area contributed by atoms with E-state index in [1.165, 1.54) is 19.2 Å². The summed E-state index contributed by atoms with van der Waals surface area (Å²) in [6, 6.07) is 5.79. The predicted octanol–water partition coefficient (Wildman–Crippen LogP) is 2.81. The zero-order valence-corrected chi connectivity index (χ0v) is 10.8. The first-order valence-corrected chi connectivity index (χ1v) is 5.78. The maximum Gasteiger partial charge on any atom is 0.276 e. The highest BCUT2D eigenvalue weighted by atomic mass is 19.3. The van der Waals surface area contributed by atoms with Crippen molar-refractivity contribution in [3.05, 3.63) is 47.4 Å². The fourth-order valence-corrected chi connectivity index (χ4v) is 1.55. The van der Waals surface area contributed by atoms with E-state index in [1.807, 2.05) is 0 Å². The van der Waals surface area contributed by atoms with Crippen molar-refractivity contribution in [2.75, 3.05) is 12.4 Å². The highest BCUT2D eigenvalue weighted by Crippen LogP contribution is 2.24. The Bertz CT molecular complexity index is 648. The van der Waals surface area contributed by atoms with Crippen LogP contribution < -0.4 is 10.1 Å². The van der Waals surface area contributed by atoms with Gasteiger partial charge in [0.1, 0.15) is 5.82 Å². The number of hydrogen-bond acceptors (Lipinski definition) is 4. The van der Waals surface area contributed by atoms with E-state index >= 15 is 0 Å². The van der Waals surface area contributed by atoms with Crippen molar-refractivity contribution in [1.29, 1.82) is 0 Å². The number of hydrogen-bond donors (Lipinski definition) is 1. The van der Waals surface area contributed by atoms with Crippen LogP contribution in [0.25, 0.3) is 0 Å². The monoisotopic (exact) mass is 297 g/mol. The number of methoxy groups -OCH3 is 1. The Morgan fingerprint density at radius 1 is 1.24 bits per heavy atom. The molecule has 1 aromatic carbocycles. The number of nitrogens with one attached hydrogen (secondary N) is 1. The number of benzene rings is 1. The van der Waals surface area contributed by atoms with Crippen molar-refractivity contribution >= 4 is 11.6 Å². The lowest BCUT2D eigenvalue weighted by Gasteiger charge is -2.09. The van der Waals surface area contributed by atoms with E-state index in [9.17, 15) is 18.0 Å². The first-order chi connectivity index (χ1) is 10.0. The van der Waals surface area contributed by atoms with Crippen LogP contribution in [-0.2, 0) is 0 Å². The Morgan fingerprint density at radius 3 is 2.48 bits per heavy atom. The van der Waals surface area contributed by atoms with Gasteiger partial charge in [0.2, 0.25) is 5.88 Å². The Kier molecular flexibility index (Phi) is 4.36. The van der Waals surface area contributed by atoms with Gasteiger partial charge in [0.25, 0.3) is 12.3 Å². The molecule has 1 N–H and O–H groups in total. The molecule has 110 valence electrons. The number of alkyl halides is 2. The molecule has 0 aliphatic rings. The molecule has 0 atom stereocenters. The second-order valence-corrected chi connectivity index (χ2v) is 3.95. The number of rotatable bonds is 4. The normalized spacial score (nSPS) is 10.5. The molecule has 1 aromatic heterocycles. The van der Waals surface area contributed by atoms with Crippen LogP contribution in [0.15, 0.2) is 30.3 Å². The molecule has 0 saturated heterocycles. The molecular weight excluding hydrogens is 287 g/mol. The van der Waals surface area contributed by atoms with Gasteiger partial charge in [-0.05, 0) is 24.3 Å². The summed E-state index contributed by atoms with van der Waals surface area (Å²) in [6.07, 6.45) is -2.91. The van der Waals surface area contributed by atoms with Crippen LogP contribution in [0.4, 0.5) is 18.9 Å². The van der Waals surface area contributed by atoms with E-state index in [0.717, 1.165) is 18.2 Å². The molecule has 0 aliphatic carbocycles. The highest BCUT2D eigenvalue weighted by Gasteiger charge is 2.22. The summed E-state index contributed by atoms with van der Waals surface area (Å²) in [4.78, 5) is 11.9. The van der Waals surface area contributed by atoms with Gasteiger partial charge < -0.3 is 10.1 Å². The van der Waals surface area contributed by atoms with Crippen LogP contribution in [0.5, 0.6) is 5.88 Å². The average molecular weight is 297 g/mol. The summed E-state index contributed by atoms with van der Waals surface area (Å²) >= 11 is 0. The Hall–Kier alpha value is -2.64. The van der Waals surface area contributed by atoms with Gasteiger partial charge in [0, 0.05) is 11.8 Å². The first-order valence-electron chi connectivity index (χ1n) is 5.78. The van der Waals surface area contributed by atoms with E-state index in [2.05, 4.69) is 15.5 Å². The maximum atomic E-state index is 12.9. The second-order valence-electron chi connectivity index (χ2n) is 3.95. The van der Waals surface area contributed by atoms with Crippen LogP contribution >= 0.6 is 0 Å². The smallest absolute Gasteiger partial charge is 0.276 e. The lowest BCUT2D eigenvalue weighted by molar-refractivity contribution is 0.1000. The van der Waals surface area contributed by atoms with Gasteiger partial charge in [-0.25, -0.2) is 13.2 Å². The number of halogens is 3. The summed E-state index contributed by atoms with van der Waals surface area (Å²) in [7, 11) is 1.25. The van der Waals surface area contributed by atoms with Crippen LogP contribution in [-0.4, -0.2) is 23.2 Å².